The van der Waals surface area contributed by atoms with Crippen molar-refractivity contribution in [3.63, 3.8) is 0 Å². The van der Waals surface area contributed by atoms with Gasteiger partial charge in [-0.3, -0.25) is 19.3 Å². The van der Waals surface area contributed by atoms with E-state index in [1.54, 1.807) is 32.9 Å². The van der Waals surface area contributed by atoms with E-state index in [-0.39, 0.29) is 43.4 Å². The molecule has 2 fully saturated rings. The van der Waals surface area contributed by atoms with Gasteiger partial charge in [0, 0.05) is 70.4 Å². The van der Waals surface area contributed by atoms with E-state index in [0.29, 0.717) is 82.2 Å². The number of pyridine rings is 1. The normalized spacial score (nSPS) is 15.9. The lowest BCUT2D eigenvalue weighted by atomic mass is 10.1. The highest BCUT2D eigenvalue weighted by Gasteiger charge is 2.26. The molecule has 0 spiro atoms. The topological polar surface area (TPSA) is 145 Å². The van der Waals surface area contributed by atoms with Crippen molar-refractivity contribution in [3.05, 3.63) is 36.0 Å². The number of nitrogens with zero attached hydrogens (tertiary/aromatic N) is 5. The van der Waals surface area contributed by atoms with Crippen LogP contribution in [0, 0.1) is 0 Å². The molecule has 1 aromatic heterocycles. The molecule has 2 N–H and O–H groups in total. The number of hydrogen-bond donors (Lipinski definition) is 2. The van der Waals surface area contributed by atoms with Crippen molar-refractivity contribution in [2.75, 3.05) is 85.3 Å². The van der Waals surface area contributed by atoms with E-state index in [2.05, 4.69) is 15.2 Å². The third-order valence-corrected chi connectivity index (χ3v) is 7.42. The SMILES string of the molecule is CCCCOC(=O)N1CCN(C(=O)CNC(=O)c2cc(OCC(=O)N3CCN(CCO)CC3)c3ccccc3n2)CC1. The number of hydrogen-bond acceptors (Lipinski definition) is 9. The number of fused-ring (bicyclic) bond motifs is 1. The minimum absolute atomic E-state index is 0.0706. The predicted molar refractivity (Wildman–Crippen MR) is 154 cm³/mol. The quantitative estimate of drug-likeness (QED) is 0.362. The molecule has 0 atom stereocenters. The summed E-state index contributed by atoms with van der Waals surface area (Å²) >= 11 is 0. The second-order valence-corrected chi connectivity index (χ2v) is 10.3. The number of carbonyl (C=O) groups excluding carboxylic acids is 4. The lowest BCUT2D eigenvalue weighted by Crippen LogP contribution is -2.52. The molecule has 4 amide bonds. The van der Waals surface area contributed by atoms with E-state index in [0.717, 1.165) is 12.8 Å². The van der Waals surface area contributed by atoms with Gasteiger partial charge < -0.3 is 34.6 Å². The molecule has 0 saturated carbocycles. The van der Waals surface area contributed by atoms with E-state index >= 15 is 0 Å². The minimum atomic E-state index is -0.538. The largest absolute Gasteiger partial charge is 0.483 e. The smallest absolute Gasteiger partial charge is 0.409 e. The Kier molecular flexibility index (Phi) is 11.3. The van der Waals surface area contributed by atoms with Crippen LogP contribution in [0.15, 0.2) is 30.3 Å². The van der Waals surface area contributed by atoms with Crippen LogP contribution in [-0.2, 0) is 14.3 Å². The van der Waals surface area contributed by atoms with Crippen molar-refractivity contribution < 1.29 is 33.8 Å². The summed E-state index contributed by atoms with van der Waals surface area (Å²) in [6.07, 6.45) is 1.38. The van der Waals surface area contributed by atoms with Crippen molar-refractivity contribution in [1.29, 1.82) is 0 Å². The molecule has 228 valence electrons. The highest BCUT2D eigenvalue weighted by Crippen LogP contribution is 2.25. The number of amides is 4. The number of ether oxygens (including phenoxy) is 2. The van der Waals surface area contributed by atoms with Gasteiger partial charge in [-0.15, -0.1) is 0 Å². The zero-order chi connectivity index (χ0) is 29.9. The highest BCUT2D eigenvalue weighted by atomic mass is 16.6. The molecule has 2 aliphatic heterocycles. The minimum Gasteiger partial charge on any atom is -0.483 e. The number of aromatic nitrogens is 1. The Balaban J connectivity index is 1.30. The summed E-state index contributed by atoms with van der Waals surface area (Å²) in [6.45, 7) is 6.61. The molecule has 0 bridgehead atoms. The highest BCUT2D eigenvalue weighted by molar-refractivity contribution is 5.98. The van der Waals surface area contributed by atoms with Crippen LogP contribution in [0.2, 0.25) is 0 Å². The molecule has 42 heavy (non-hydrogen) atoms. The van der Waals surface area contributed by atoms with E-state index in [1.165, 1.54) is 6.07 Å². The molecule has 2 aliphatic rings. The van der Waals surface area contributed by atoms with Gasteiger partial charge in [0.15, 0.2) is 6.61 Å². The summed E-state index contributed by atoms with van der Waals surface area (Å²) in [4.78, 5) is 62.1. The van der Waals surface area contributed by atoms with Gasteiger partial charge in [0.2, 0.25) is 5.91 Å². The Labute approximate surface area is 245 Å². The fraction of sp³-hybridized carbons (Fsp3) is 0.552. The predicted octanol–water partition coefficient (Wildman–Crippen LogP) is 0.561. The fourth-order valence-corrected chi connectivity index (χ4v) is 4.86. The fourth-order valence-electron chi connectivity index (χ4n) is 4.86. The third-order valence-electron chi connectivity index (χ3n) is 7.42. The Morgan fingerprint density at radius 3 is 2.31 bits per heavy atom. The van der Waals surface area contributed by atoms with Gasteiger partial charge in [-0.25, -0.2) is 9.78 Å². The number of rotatable bonds is 11. The van der Waals surface area contributed by atoms with Crippen LogP contribution < -0.4 is 10.1 Å². The van der Waals surface area contributed by atoms with Gasteiger partial charge in [0.25, 0.3) is 11.8 Å². The number of benzene rings is 1. The van der Waals surface area contributed by atoms with Gasteiger partial charge in [-0.05, 0) is 18.6 Å². The van der Waals surface area contributed by atoms with Crippen LogP contribution >= 0.6 is 0 Å². The number of aliphatic hydroxyl groups excluding tert-OH is 1. The van der Waals surface area contributed by atoms with Crippen molar-refractivity contribution >= 4 is 34.7 Å². The Morgan fingerprint density at radius 2 is 1.60 bits per heavy atom. The molecule has 0 radical (unpaired) electrons. The molecular weight excluding hydrogens is 544 g/mol. The maximum Gasteiger partial charge on any atom is 0.409 e. The lowest BCUT2D eigenvalue weighted by molar-refractivity contribution is -0.135. The van der Waals surface area contributed by atoms with Gasteiger partial charge in [-0.2, -0.15) is 0 Å². The van der Waals surface area contributed by atoms with Crippen LogP contribution in [-0.4, -0.2) is 139 Å². The molecule has 2 aromatic rings. The van der Waals surface area contributed by atoms with Crippen molar-refractivity contribution in [1.82, 2.24) is 29.9 Å². The van der Waals surface area contributed by atoms with Gasteiger partial charge in [-0.1, -0.05) is 25.5 Å². The van der Waals surface area contributed by atoms with E-state index < -0.39 is 5.91 Å². The van der Waals surface area contributed by atoms with Gasteiger partial charge >= 0.3 is 6.09 Å². The second-order valence-electron chi connectivity index (χ2n) is 10.3. The maximum absolute atomic E-state index is 13.0. The van der Waals surface area contributed by atoms with Crippen molar-refractivity contribution in [3.8, 4) is 5.75 Å². The average Bonchev–Trinajstić information content (AvgIpc) is 3.02. The summed E-state index contributed by atoms with van der Waals surface area (Å²) in [6, 6.07) is 8.65. The molecule has 13 nitrogen and oxygen atoms in total. The van der Waals surface area contributed by atoms with E-state index in [1.807, 2.05) is 13.0 Å². The first-order valence-electron chi connectivity index (χ1n) is 14.5. The number of nitrogens with one attached hydrogen (secondary N) is 1. The Morgan fingerprint density at radius 1 is 0.929 bits per heavy atom. The third kappa shape index (κ3) is 8.29. The number of piperazine rings is 2. The number of unbranched alkanes of at least 4 members (excludes halogenated alkanes) is 1. The molecule has 0 aliphatic carbocycles. The average molecular weight is 585 g/mol. The first kappa shape index (κ1) is 31.0. The van der Waals surface area contributed by atoms with Gasteiger partial charge in [0.05, 0.1) is 25.3 Å². The number of para-hydroxylation sites is 1. The van der Waals surface area contributed by atoms with Crippen LogP contribution in [0.4, 0.5) is 4.79 Å². The molecule has 3 heterocycles. The number of β-amino-alcohol motifs (C(OH)–C–C–N with tert-alkyl or cyclic N) is 1. The monoisotopic (exact) mass is 584 g/mol. The van der Waals surface area contributed by atoms with Crippen molar-refractivity contribution in [2.24, 2.45) is 0 Å². The zero-order valence-electron chi connectivity index (χ0n) is 24.1. The van der Waals surface area contributed by atoms with Crippen molar-refractivity contribution in [2.45, 2.75) is 19.8 Å². The van der Waals surface area contributed by atoms with Crippen LogP contribution in [0.3, 0.4) is 0 Å². The standard InChI is InChI=1S/C29H40N6O7/c1-2-3-18-41-29(40)35-14-12-33(13-15-35)26(37)20-30-28(39)24-19-25(22-6-4-5-7-23(22)31-24)42-21-27(38)34-10-8-32(9-11-34)16-17-36/h4-7,19,36H,2-3,8-18,20-21H2,1H3,(H,30,39). The molecule has 2 saturated heterocycles. The molecule has 13 heteroatoms. The summed E-state index contributed by atoms with van der Waals surface area (Å²) < 4.78 is 11.1. The molecule has 0 unspecified atom stereocenters. The zero-order valence-corrected chi connectivity index (χ0v) is 24.1. The molecule has 4 rings (SSSR count). The van der Waals surface area contributed by atoms with E-state index in [4.69, 9.17) is 14.6 Å². The summed E-state index contributed by atoms with van der Waals surface area (Å²) in [5, 5.41) is 12.4. The summed E-state index contributed by atoms with van der Waals surface area (Å²) in [5.41, 5.74) is 0.597. The summed E-state index contributed by atoms with van der Waals surface area (Å²) in [7, 11) is 0. The van der Waals surface area contributed by atoms with Crippen LogP contribution in [0.1, 0.15) is 30.3 Å². The molecule has 1 aromatic carbocycles. The number of aliphatic hydroxyl groups is 1. The Hall–Kier alpha value is -3.97. The van der Waals surface area contributed by atoms with Crippen LogP contribution in [0.25, 0.3) is 10.9 Å². The number of carbonyl (C=O) groups is 4. The van der Waals surface area contributed by atoms with E-state index in [9.17, 15) is 19.2 Å². The summed E-state index contributed by atoms with van der Waals surface area (Å²) in [5.74, 6) is -0.607. The maximum atomic E-state index is 13.0. The lowest BCUT2D eigenvalue weighted by Gasteiger charge is -2.34. The Bertz CT molecular complexity index is 1240. The molecular formula is C29H40N6O7. The van der Waals surface area contributed by atoms with Crippen LogP contribution in [0.5, 0.6) is 5.75 Å². The first-order chi connectivity index (χ1) is 20.4. The van der Waals surface area contributed by atoms with Gasteiger partial charge in [0.1, 0.15) is 11.4 Å². The first-order valence-corrected chi connectivity index (χ1v) is 14.5. The second kappa shape index (κ2) is 15.3.